The van der Waals surface area contributed by atoms with Crippen molar-refractivity contribution in [2.45, 2.75) is 20.4 Å². The van der Waals surface area contributed by atoms with Crippen LogP contribution >= 0.6 is 0 Å². The van der Waals surface area contributed by atoms with Gasteiger partial charge in [0.05, 0.1) is 5.56 Å². The number of halogens is 1. The largest absolute Gasteiger partial charge is 0.477 e. The molecular weight excluding hydrogens is 275 g/mol. The van der Waals surface area contributed by atoms with Crippen molar-refractivity contribution in [3.05, 3.63) is 58.2 Å². The molecule has 0 aliphatic carbocycles. The second-order valence-electron chi connectivity index (χ2n) is 4.74. The summed E-state index contributed by atoms with van der Waals surface area (Å²) in [5.41, 5.74) is 2.00. The summed E-state index contributed by atoms with van der Waals surface area (Å²) in [4.78, 5) is 25.9. The van der Waals surface area contributed by atoms with E-state index in [9.17, 15) is 14.0 Å². The van der Waals surface area contributed by atoms with Crippen molar-refractivity contribution in [3.8, 4) is 0 Å². The minimum atomic E-state index is -1.10. The molecule has 0 radical (unpaired) electrons. The summed E-state index contributed by atoms with van der Waals surface area (Å²) in [6.45, 7) is 3.47. The van der Waals surface area contributed by atoms with Crippen LogP contribution in [0.15, 0.2) is 24.3 Å². The number of carbonyl (C=O) groups excluding carboxylic acids is 1. The number of rotatable bonds is 4. The normalized spacial score (nSPS) is 10.4. The third-order valence-corrected chi connectivity index (χ3v) is 3.24. The Labute approximate surface area is 120 Å². The van der Waals surface area contributed by atoms with E-state index in [4.69, 9.17) is 5.11 Å². The summed E-state index contributed by atoms with van der Waals surface area (Å²) in [7, 11) is 0. The van der Waals surface area contributed by atoms with Gasteiger partial charge in [-0.3, -0.25) is 4.79 Å². The number of hydrogen-bond acceptors (Lipinski definition) is 2. The van der Waals surface area contributed by atoms with Gasteiger partial charge in [0.25, 0.3) is 5.91 Å². The van der Waals surface area contributed by atoms with Crippen LogP contribution in [0.1, 0.15) is 37.7 Å². The fraction of sp³-hybridized carbons (Fsp3) is 0.200. The van der Waals surface area contributed by atoms with Crippen LogP contribution in [0.4, 0.5) is 4.39 Å². The molecule has 2 aromatic rings. The van der Waals surface area contributed by atoms with Crippen molar-refractivity contribution in [2.24, 2.45) is 0 Å². The van der Waals surface area contributed by atoms with E-state index in [2.05, 4.69) is 10.3 Å². The molecule has 21 heavy (non-hydrogen) atoms. The van der Waals surface area contributed by atoms with E-state index in [0.29, 0.717) is 16.8 Å². The van der Waals surface area contributed by atoms with Crippen molar-refractivity contribution in [1.29, 1.82) is 0 Å². The van der Waals surface area contributed by atoms with Crippen LogP contribution in [0.3, 0.4) is 0 Å². The van der Waals surface area contributed by atoms with E-state index in [1.165, 1.54) is 12.1 Å². The minimum absolute atomic E-state index is 0.0134. The maximum atomic E-state index is 12.8. The second kappa shape index (κ2) is 5.78. The van der Waals surface area contributed by atoms with Gasteiger partial charge in [0, 0.05) is 12.2 Å². The molecule has 5 nitrogen and oxygen atoms in total. The zero-order valence-corrected chi connectivity index (χ0v) is 11.7. The van der Waals surface area contributed by atoms with Gasteiger partial charge >= 0.3 is 5.97 Å². The number of H-pyrrole nitrogens is 1. The number of nitrogens with one attached hydrogen (secondary N) is 2. The predicted octanol–water partition coefficient (Wildman–Crippen LogP) is 2.40. The van der Waals surface area contributed by atoms with Crippen LogP contribution in [0.2, 0.25) is 0 Å². The molecule has 0 fully saturated rings. The molecule has 0 aliphatic rings. The Balaban J connectivity index is 2.14. The summed E-state index contributed by atoms with van der Waals surface area (Å²) in [6.07, 6.45) is 0. The molecule has 6 heteroatoms. The summed E-state index contributed by atoms with van der Waals surface area (Å²) in [5, 5.41) is 11.7. The zero-order chi connectivity index (χ0) is 15.6. The van der Waals surface area contributed by atoms with E-state index >= 15 is 0 Å². The van der Waals surface area contributed by atoms with Gasteiger partial charge in [-0.1, -0.05) is 12.1 Å². The lowest BCUT2D eigenvalue weighted by Crippen LogP contribution is -2.24. The molecule has 0 saturated carbocycles. The quantitative estimate of drug-likeness (QED) is 0.808. The Morgan fingerprint density at radius 2 is 1.86 bits per heavy atom. The molecule has 0 aliphatic heterocycles. The fourth-order valence-electron chi connectivity index (χ4n) is 2.18. The lowest BCUT2D eigenvalue weighted by molar-refractivity contribution is 0.0690. The number of carboxylic acid groups (broad SMARTS) is 1. The van der Waals surface area contributed by atoms with Crippen molar-refractivity contribution < 1.29 is 19.1 Å². The van der Waals surface area contributed by atoms with Crippen LogP contribution < -0.4 is 5.32 Å². The highest BCUT2D eigenvalue weighted by Crippen LogP contribution is 2.18. The summed E-state index contributed by atoms with van der Waals surface area (Å²) < 4.78 is 12.8. The molecule has 0 unspecified atom stereocenters. The zero-order valence-electron chi connectivity index (χ0n) is 11.7. The number of amides is 1. The molecule has 2 rings (SSSR count). The number of aryl methyl sites for hydroxylation is 1. The molecule has 0 saturated heterocycles. The highest BCUT2D eigenvalue weighted by atomic mass is 19.1. The summed E-state index contributed by atoms with van der Waals surface area (Å²) in [5.74, 6) is -1.81. The lowest BCUT2D eigenvalue weighted by atomic mass is 10.1. The van der Waals surface area contributed by atoms with E-state index in [1.54, 1.807) is 26.0 Å². The fourth-order valence-corrected chi connectivity index (χ4v) is 2.18. The van der Waals surface area contributed by atoms with Crippen molar-refractivity contribution in [2.75, 3.05) is 0 Å². The monoisotopic (exact) mass is 290 g/mol. The first-order valence-corrected chi connectivity index (χ1v) is 6.35. The molecule has 1 aromatic carbocycles. The smallest absolute Gasteiger partial charge is 0.352 e. The molecule has 110 valence electrons. The first-order valence-electron chi connectivity index (χ1n) is 6.35. The van der Waals surface area contributed by atoms with Gasteiger partial charge in [-0.05, 0) is 37.1 Å². The van der Waals surface area contributed by atoms with Gasteiger partial charge in [0.1, 0.15) is 11.5 Å². The number of aromatic carboxylic acids is 1. The first kappa shape index (κ1) is 14.8. The summed E-state index contributed by atoms with van der Waals surface area (Å²) in [6, 6.07) is 5.79. The standard InChI is InChI=1S/C15H15FN2O3/c1-8-12(9(2)18-13(8)15(20)21)14(19)17-7-10-3-5-11(16)6-4-10/h3-6,18H,7H2,1-2H3,(H,17,19)(H,20,21). The highest BCUT2D eigenvalue weighted by molar-refractivity contribution is 6.00. The van der Waals surface area contributed by atoms with Gasteiger partial charge in [0.15, 0.2) is 0 Å². The van der Waals surface area contributed by atoms with E-state index < -0.39 is 5.97 Å². The van der Waals surface area contributed by atoms with Crippen molar-refractivity contribution in [3.63, 3.8) is 0 Å². The highest BCUT2D eigenvalue weighted by Gasteiger charge is 2.21. The van der Waals surface area contributed by atoms with Gasteiger partial charge in [-0.2, -0.15) is 0 Å². The molecule has 3 N–H and O–H groups in total. The van der Waals surface area contributed by atoms with E-state index in [0.717, 1.165) is 5.56 Å². The van der Waals surface area contributed by atoms with Crippen molar-refractivity contribution >= 4 is 11.9 Å². The molecular formula is C15H15FN2O3. The number of aromatic nitrogens is 1. The molecule has 0 spiro atoms. The Hall–Kier alpha value is -2.63. The van der Waals surface area contributed by atoms with Crippen LogP contribution in [-0.4, -0.2) is 22.0 Å². The average molecular weight is 290 g/mol. The Kier molecular flexibility index (Phi) is 4.07. The maximum Gasteiger partial charge on any atom is 0.352 e. The summed E-state index contributed by atoms with van der Waals surface area (Å²) >= 11 is 0. The van der Waals surface area contributed by atoms with Gasteiger partial charge in [0.2, 0.25) is 0 Å². The first-order chi connectivity index (χ1) is 9.90. The number of benzene rings is 1. The third kappa shape index (κ3) is 3.10. The van der Waals surface area contributed by atoms with Crippen molar-refractivity contribution in [1.82, 2.24) is 10.3 Å². The van der Waals surface area contributed by atoms with Gasteiger partial charge in [-0.15, -0.1) is 0 Å². The Morgan fingerprint density at radius 1 is 1.24 bits per heavy atom. The Bertz CT molecular complexity index is 690. The van der Waals surface area contributed by atoms with Gasteiger partial charge < -0.3 is 15.4 Å². The predicted molar refractivity (Wildman–Crippen MR) is 74.8 cm³/mol. The Morgan fingerprint density at radius 3 is 2.38 bits per heavy atom. The topological polar surface area (TPSA) is 82.2 Å². The molecule has 0 bridgehead atoms. The number of aromatic amines is 1. The lowest BCUT2D eigenvalue weighted by Gasteiger charge is -2.06. The van der Waals surface area contributed by atoms with Gasteiger partial charge in [-0.25, -0.2) is 9.18 Å². The number of carbonyl (C=O) groups is 2. The minimum Gasteiger partial charge on any atom is -0.477 e. The van der Waals surface area contributed by atoms with E-state index in [-0.39, 0.29) is 24.0 Å². The number of hydrogen-bond donors (Lipinski definition) is 3. The van der Waals surface area contributed by atoms with E-state index in [1.807, 2.05) is 0 Å². The van der Waals surface area contributed by atoms with Crippen LogP contribution in [0.25, 0.3) is 0 Å². The third-order valence-electron chi connectivity index (χ3n) is 3.24. The second-order valence-corrected chi connectivity index (χ2v) is 4.74. The van der Waals surface area contributed by atoms with Crippen LogP contribution in [-0.2, 0) is 6.54 Å². The molecule has 1 amide bonds. The molecule has 1 aromatic heterocycles. The molecule has 1 heterocycles. The van der Waals surface area contributed by atoms with Crippen LogP contribution in [0, 0.1) is 19.7 Å². The SMILES string of the molecule is Cc1[nH]c(C(=O)O)c(C)c1C(=O)NCc1ccc(F)cc1. The van der Waals surface area contributed by atoms with Crippen LogP contribution in [0.5, 0.6) is 0 Å². The molecule has 0 atom stereocenters. The number of carboxylic acids is 1. The maximum absolute atomic E-state index is 12.8. The average Bonchev–Trinajstić information content (AvgIpc) is 2.73.